The fraction of sp³-hybridized carbons (Fsp3) is 0.360. The fourth-order valence-electron chi connectivity index (χ4n) is 4.24. The van der Waals surface area contributed by atoms with Crippen molar-refractivity contribution in [2.24, 2.45) is 0 Å². The molecule has 3 heterocycles. The maximum atomic E-state index is 13.6. The first-order valence-corrected chi connectivity index (χ1v) is 12.4. The third-order valence-electron chi connectivity index (χ3n) is 6.11. The summed E-state index contributed by atoms with van der Waals surface area (Å²) in [4.78, 5) is 46.6. The van der Waals surface area contributed by atoms with Gasteiger partial charge in [0.2, 0.25) is 5.91 Å². The summed E-state index contributed by atoms with van der Waals surface area (Å²) in [7, 11) is 0. The van der Waals surface area contributed by atoms with Gasteiger partial charge in [-0.15, -0.1) is 11.3 Å². The molecule has 10 heteroatoms. The number of nitrogens with zero attached hydrogens (tertiary/aromatic N) is 3. The highest BCUT2D eigenvalue weighted by atomic mass is 32.1. The average molecular weight is 498 g/mol. The Labute approximate surface area is 207 Å². The van der Waals surface area contributed by atoms with Gasteiger partial charge in [-0.2, -0.15) is 0 Å². The lowest BCUT2D eigenvalue weighted by Crippen LogP contribution is -2.64. The van der Waals surface area contributed by atoms with Crippen molar-refractivity contribution in [2.45, 2.75) is 45.3 Å². The molecule has 0 bridgehead atoms. The van der Waals surface area contributed by atoms with E-state index in [1.165, 1.54) is 23.4 Å². The highest BCUT2D eigenvalue weighted by Gasteiger charge is 2.48. The first-order chi connectivity index (χ1) is 16.8. The van der Waals surface area contributed by atoms with Crippen LogP contribution in [0.15, 0.2) is 48.1 Å². The zero-order valence-corrected chi connectivity index (χ0v) is 20.5. The first kappa shape index (κ1) is 24.6. The van der Waals surface area contributed by atoms with Crippen molar-refractivity contribution in [3.63, 3.8) is 0 Å². The van der Waals surface area contributed by atoms with Gasteiger partial charge in [0.1, 0.15) is 17.1 Å². The van der Waals surface area contributed by atoms with E-state index in [-0.39, 0.29) is 36.2 Å². The minimum atomic E-state index is -1.17. The Bertz CT molecular complexity index is 1210. The predicted octanol–water partition coefficient (Wildman–Crippen LogP) is 3.00. The SMILES string of the molecule is CCCN1C(=O)c2c(C(=O)NCCc3cccs3)ncn2C[C@]1(C)C(=O)NCc1ccc(F)cc1. The molecule has 2 N–H and O–H groups in total. The number of hydrogen-bond donors (Lipinski definition) is 2. The summed E-state index contributed by atoms with van der Waals surface area (Å²) in [6.45, 7) is 4.79. The molecule has 3 aromatic rings. The van der Waals surface area contributed by atoms with Crippen molar-refractivity contribution < 1.29 is 18.8 Å². The van der Waals surface area contributed by atoms with E-state index in [1.807, 2.05) is 24.4 Å². The molecule has 0 aliphatic carbocycles. The second-order valence-electron chi connectivity index (χ2n) is 8.69. The van der Waals surface area contributed by atoms with Gasteiger partial charge in [-0.05, 0) is 48.9 Å². The molecule has 35 heavy (non-hydrogen) atoms. The Hall–Kier alpha value is -3.53. The third kappa shape index (κ3) is 5.12. The van der Waals surface area contributed by atoms with Crippen molar-refractivity contribution >= 4 is 29.1 Å². The van der Waals surface area contributed by atoms with Crippen molar-refractivity contribution in [3.8, 4) is 0 Å². The summed E-state index contributed by atoms with van der Waals surface area (Å²) < 4.78 is 14.8. The van der Waals surface area contributed by atoms with Crippen LogP contribution in [-0.4, -0.2) is 50.8 Å². The van der Waals surface area contributed by atoms with Gasteiger partial charge in [0, 0.05) is 24.5 Å². The number of rotatable bonds is 9. The van der Waals surface area contributed by atoms with Gasteiger partial charge in [-0.25, -0.2) is 9.37 Å². The molecule has 0 saturated carbocycles. The van der Waals surface area contributed by atoms with Crippen molar-refractivity contribution in [3.05, 3.63) is 75.8 Å². The van der Waals surface area contributed by atoms with E-state index in [1.54, 1.807) is 35.0 Å². The number of hydrogen-bond acceptors (Lipinski definition) is 5. The molecule has 4 rings (SSSR count). The monoisotopic (exact) mass is 497 g/mol. The van der Waals surface area contributed by atoms with E-state index in [2.05, 4.69) is 15.6 Å². The summed E-state index contributed by atoms with van der Waals surface area (Å²) in [5.74, 6) is -1.49. The van der Waals surface area contributed by atoms with Crippen LogP contribution in [0.4, 0.5) is 4.39 Å². The standard InChI is InChI=1S/C25H28FN5O3S/c1-3-12-31-23(33)21-20(22(32)27-11-10-19-5-4-13-35-19)29-16-30(21)15-25(31,2)24(34)28-14-17-6-8-18(26)9-7-17/h4-9,13,16H,3,10-12,14-15H2,1-2H3,(H,27,32)(H,28,34)/t25-/m1/s1. The largest absolute Gasteiger partial charge is 0.350 e. The number of benzene rings is 1. The molecule has 8 nitrogen and oxygen atoms in total. The normalized spacial score (nSPS) is 17.2. The number of carbonyl (C=O) groups is 3. The van der Waals surface area contributed by atoms with Gasteiger partial charge < -0.3 is 20.1 Å². The maximum Gasteiger partial charge on any atom is 0.273 e. The summed E-state index contributed by atoms with van der Waals surface area (Å²) >= 11 is 1.62. The first-order valence-electron chi connectivity index (χ1n) is 11.5. The fourth-order valence-corrected chi connectivity index (χ4v) is 4.95. The topological polar surface area (TPSA) is 96.3 Å². The lowest BCUT2D eigenvalue weighted by atomic mass is 9.94. The number of carbonyl (C=O) groups excluding carboxylic acids is 3. The molecule has 0 fully saturated rings. The van der Waals surface area contributed by atoms with E-state index in [0.717, 1.165) is 10.4 Å². The molecule has 0 saturated heterocycles. The summed E-state index contributed by atoms with van der Waals surface area (Å²) in [5, 5.41) is 7.70. The highest BCUT2D eigenvalue weighted by Crippen LogP contribution is 2.29. The van der Waals surface area contributed by atoms with Crippen LogP contribution in [0.25, 0.3) is 0 Å². The summed E-state index contributed by atoms with van der Waals surface area (Å²) in [6.07, 6.45) is 2.78. The smallest absolute Gasteiger partial charge is 0.273 e. The number of halogens is 1. The van der Waals surface area contributed by atoms with Gasteiger partial charge in [0.15, 0.2) is 5.69 Å². The number of nitrogens with one attached hydrogen (secondary N) is 2. The average Bonchev–Trinajstić information content (AvgIpc) is 3.51. The number of aromatic nitrogens is 2. The third-order valence-corrected chi connectivity index (χ3v) is 7.05. The molecule has 1 atom stereocenters. The minimum absolute atomic E-state index is 0.0658. The number of fused-ring (bicyclic) bond motifs is 1. The Morgan fingerprint density at radius 2 is 1.97 bits per heavy atom. The molecule has 3 amide bonds. The number of thiophene rings is 1. The zero-order chi connectivity index (χ0) is 25.0. The van der Waals surface area contributed by atoms with Gasteiger partial charge in [-0.1, -0.05) is 25.1 Å². The molecule has 184 valence electrons. The molecule has 2 aromatic heterocycles. The molecule has 0 spiro atoms. The van der Waals surface area contributed by atoms with E-state index in [4.69, 9.17) is 0 Å². The van der Waals surface area contributed by atoms with E-state index in [9.17, 15) is 18.8 Å². The van der Waals surface area contributed by atoms with E-state index < -0.39 is 17.4 Å². The maximum absolute atomic E-state index is 13.6. The predicted molar refractivity (Wildman–Crippen MR) is 131 cm³/mol. The second-order valence-corrected chi connectivity index (χ2v) is 9.73. The van der Waals surface area contributed by atoms with Crippen molar-refractivity contribution in [1.29, 1.82) is 0 Å². The van der Waals surface area contributed by atoms with Crippen LogP contribution in [0.2, 0.25) is 0 Å². The summed E-state index contributed by atoms with van der Waals surface area (Å²) in [6, 6.07) is 9.84. The molecule has 1 aromatic carbocycles. The Kier molecular flexibility index (Phi) is 7.30. The van der Waals surface area contributed by atoms with Crippen LogP contribution in [0.5, 0.6) is 0 Å². The zero-order valence-electron chi connectivity index (χ0n) is 19.7. The van der Waals surface area contributed by atoms with Gasteiger partial charge in [-0.3, -0.25) is 14.4 Å². The van der Waals surface area contributed by atoms with E-state index >= 15 is 0 Å². The molecule has 1 aliphatic rings. The quantitative estimate of drug-likeness (QED) is 0.475. The molecule has 0 unspecified atom stereocenters. The second kappa shape index (κ2) is 10.4. The molecular formula is C25H28FN5O3S. The van der Waals surface area contributed by atoms with Gasteiger partial charge in [0.25, 0.3) is 11.8 Å². The lowest BCUT2D eigenvalue weighted by molar-refractivity contribution is -0.133. The highest BCUT2D eigenvalue weighted by molar-refractivity contribution is 7.09. The Morgan fingerprint density at radius 1 is 1.20 bits per heavy atom. The summed E-state index contributed by atoms with van der Waals surface area (Å²) in [5.41, 5.74) is -0.169. The number of imidazole rings is 1. The molecular weight excluding hydrogens is 469 g/mol. The number of amides is 3. The molecule has 0 radical (unpaired) electrons. The Morgan fingerprint density at radius 3 is 2.66 bits per heavy atom. The van der Waals surface area contributed by atoms with Crippen LogP contribution in [-0.2, 0) is 24.3 Å². The van der Waals surface area contributed by atoms with Crippen LogP contribution >= 0.6 is 11.3 Å². The van der Waals surface area contributed by atoms with Crippen LogP contribution in [0.3, 0.4) is 0 Å². The van der Waals surface area contributed by atoms with Crippen LogP contribution in [0, 0.1) is 5.82 Å². The minimum Gasteiger partial charge on any atom is -0.350 e. The van der Waals surface area contributed by atoms with E-state index in [0.29, 0.717) is 25.9 Å². The lowest BCUT2D eigenvalue weighted by Gasteiger charge is -2.43. The van der Waals surface area contributed by atoms with Gasteiger partial charge in [0.05, 0.1) is 12.9 Å². The van der Waals surface area contributed by atoms with Crippen LogP contribution in [0.1, 0.15) is 51.7 Å². The van der Waals surface area contributed by atoms with Crippen molar-refractivity contribution in [2.75, 3.05) is 13.1 Å². The van der Waals surface area contributed by atoms with Gasteiger partial charge >= 0.3 is 0 Å². The van der Waals surface area contributed by atoms with Crippen LogP contribution < -0.4 is 10.6 Å². The van der Waals surface area contributed by atoms with Crippen molar-refractivity contribution in [1.82, 2.24) is 25.1 Å². The molecule has 1 aliphatic heterocycles. The Balaban J connectivity index is 1.50.